The Morgan fingerprint density at radius 3 is 1.78 bits per heavy atom. The molecule has 0 amide bonds. The van der Waals surface area contributed by atoms with Crippen molar-refractivity contribution in [1.29, 1.82) is 0 Å². The van der Waals surface area contributed by atoms with Crippen molar-refractivity contribution in [3.8, 4) is 11.5 Å². The van der Waals surface area contributed by atoms with Gasteiger partial charge in [-0.25, -0.2) is 3.63 Å². The Balaban J connectivity index is 1.69. The van der Waals surface area contributed by atoms with Crippen molar-refractivity contribution < 1.29 is 27.1 Å². The summed E-state index contributed by atoms with van der Waals surface area (Å²) in [5.74, 6) is -0.100. The molecule has 2 bridgehead atoms. The first-order chi connectivity index (χ1) is 17.0. The lowest BCUT2D eigenvalue weighted by Gasteiger charge is -2.41. The average Bonchev–Trinajstić information content (AvgIpc) is 3.18. The molecule has 2 atom stereocenters. The van der Waals surface area contributed by atoms with Gasteiger partial charge in [0.25, 0.3) is 10.1 Å². The molecule has 6 nitrogen and oxygen atoms in total. The fourth-order valence-electron chi connectivity index (χ4n) is 6.00. The van der Waals surface area contributed by atoms with Crippen LogP contribution in [-0.2, 0) is 18.5 Å². The highest BCUT2D eigenvalue weighted by molar-refractivity contribution is 8.33. The van der Waals surface area contributed by atoms with Crippen LogP contribution in [0.1, 0.15) is 33.1 Å². The third-order valence-corrected chi connectivity index (χ3v) is 13.5. The molecule has 36 heavy (non-hydrogen) atoms. The van der Waals surface area contributed by atoms with Crippen LogP contribution < -0.4 is 0 Å². The molecular weight excluding hydrogens is 496 g/mol. The highest BCUT2D eigenvalue weighted by Gasteiger charge is 2.65. The quantitative estimate of drug-likeness (QED) is 0.389. The first kappa shape index (κ1) is 24.9. The van der Waals surface area contributed by atoms with E-state index in [0.717, 1.165) is 6.42 Å². The van der Waals surface area contributed by atoms with E-state index in [2.05, 4.69) is 0 Å². The second-order valence-corrected chi connectivity index (χ2v) is 14.8. The summed E-state index contributed by atoms with van der Waals surface area (Å²) in [6.07, 6.45) is 1.79. The van der Waals surface area contributed by atoms with Crippen molar-refractivity contribution in [3.05, 3.63) is 78.9 Å². The zero-order chi connectivity index (χ0) is 25.8. The van der Waals surface area contributed by atoms with Gasteiger partial charge in [-0.1, -0.05) is 32.0 Å². The van der Waals surface area contributed by atoms with Gasteiger partial charge in [0.1, 0.15) is 17.3 Å². The molecule has 2 unspecified atom stereocenters. The summed E-state index contributed by atoms with van der Waals surface area (Å²) in [6.45, 7) is 4.00. The Labute approximate surface area is 213 Å². The first-order valence-electron chi connectivity index (χ1n) is 11.9. The zero-order valence-corrected chi connectivity index (χ0v) is 21.9. The molecule has 2 aliphatic rings. The molecule has 0 heterocycles. The van der Waals surface area contributed by atoms with Gasteiger partial charge in [0.2, 0.25) is 0 Å². The number of phenols is 2. The number of phenolic OH excluding ortho intramolecular Hbond substituents is 2. The minimum absolute atomic E-state index is 0.00510. The van der Waals surface area contributed by atoms with Gasteiger partial charge in [-0.05, 0) is 95.1 Å². The van der Waals surface area contributed by atoms with Crippen LogP contribution in [0.2, 0.25) is 0 Å². The minimum atomic E-state index is -4.24. The Bertz CT molecular complexity index is 1340. The summed E-state index contributed by atoms with van der Waals surface area (Å²) in [5.41, 5.74) is -1.40. The molecule has 0 radical (unpaired) electrons. The molecule has 0 aromatic heterocycles. The highest BCUT2D eigenvalue weighted by Crippen LogP contribution is 2.71. The van der Waals surface area contributed by atoms with E-state index in [4.69, 9.17) is 3.63 Å². The Kier molecular flexibility index (Phi) is 5.97. The third kappa shape index (κ3) is 3.83. The molecular formula is C28H30O6S2. The summed E-state index contributed by atoms with van der Waals surface area (Å²) in [6, 6.07) is 21.8. The Morgan fingerprint density at radius 2 is 1.33 bits per heavy atom. The van der Waals surface area contributed by atoms with Crippen molar-refractivity contribution in [3.63, 3.8) is 0 Å². The van der Waals surface area contributed by atoms with Crippen molar-refractivity contribution in [2.24, 2.45) is 16.7 Å². The number of fused-ring (bicyclic) bond motifs is 2. The number of carbonyl (C=O) groups excluding carboxylic acids is 1. The van der Waals surface area contributed by atoms with Gasteiger partial charge in [-0.2, -0.15) is 8.42 Å². The van der Waals surface area contributed by atoms with E-state index in [-0.39, 0.29) is 29.0 Å². The van der Waals surface area contributed by atoms with E-state index >= 15 is 0 Å². The van der Waals surface area contributed by atoms with Crippen LogP contribution >= 0.6 is 10.3 Å². The zero-order valence-electron chi connectivity index (χ0n) is 20.3. The Hall–Kier alpha value is -2.81. The number of aromatic hydroxyl groups is 2. The summed E-state index contributed by atoms with van der Waals surface area (Å²) >= 11 is 0. The van der Waals surface area contributed by atoms with Gasteiger partial charge in [0.05, 0.1) is 11.2 Å². The van der Waals surface area contributed by atoms with Gasteiger partial charge >= 0.3 is 0 Å². The summed E-state index contributed by atoms with van der Waals surface area (Å²) in [5, 5.41) is 19.9. The topological polar surface area (TPSA) is 101 Å². The van der Waals surface area contributed by atoms with Crippen LogP contribution in [0.4, 0.5) is 0 Å². The second kappa shape index (κ2) is 8.64. The molecule has 0 spiro atoms. The third-order valence-electron chi connectivity index (χ3n) is 8.18. The van der Waals surface area contributed by atoms with Crippen LogP contribution in [0.25, 0.3) is 0 Å². The number of carbonyl (C=O) groups is 1. The number of benzene rings is 3. The minimum Gasteiger partial charge on any atom is -0.508 e. The largest absolute Gasteiger partial charge is 0.508 e. The summed E-state index contributed by atoms with van der Waals surface area (Å²) < 4.78 is 34.4. The molecule has 0 saturated heterocycles. The maximum atomic E-state index is 14.0. The second-order valence-electron chi connectivity index (χ2n) is 10.3. The van der Waals surface area contributed by atoms with Crippen LogP contribution in [0.15, 0.2) is 93.5 Å². The van der Waals surface area contributed by atoms with Crippen molar-refractivity contribution in [2.75, 3.05) is 5.75 Å². The molecule has 5 rings (SSSR count). The smallest absolute Gasteiger partial charge is 0.278 e. The molecule has 190 valence electrons. The van der Waals surface area contributed by atoms with Crippen molar-refractivity contribution in [1.82, 2.24) is 0 Å². The van der Waals surface area contributed by atoms with Crippen LogP contribution in [-0.4, -0.2) is 30.2 Å². The van der Waals surface area contributed by atoms with Crippen molar-refractivity contribution >= 4 is 26.2 Å². The normalized spacial score (nSPS) is 23.6. The number of Topliss-reactive ketones (excluding diaryl/α,β-unsaturated/α-hetero) is 1. The first-order valence-corrected chi connectivity index (χ1v) is 15.1. The number of hydrogen-bond acceptors (Lipinski definition) is 6. The molecule has 2 aliphatic carbocycles. The molecule has 0 aliphatic heterocycles. The van der Waals surface area contributed by atoms with Gasteiger partial charge in [0, 0.05) is 21.1 Å². The predicted octanol–water partition coefficient (Wildman–Crippen LogP) is 6.04. The van der Waals surface area contributed by atoms with E-state index in [0.29, 0.717) is 27.5 Å². The fraction of sp³-hybridized carbons (Fsp3) is 0.321. The lowest BCUT2D eigenvalue weighted by molar-refractivity contribution is -0.128. The number of hydrogen-bond donors (Lipinski definition) is 2. The van der Waals surface area contributed by atoms with Gasteiger partial charge in [-0.15, -0.1) is 0 Å². The maximum Gasteiger partial charge on any atom is 0.278 e. The lowest BCUT2D eigenvalue weighted by atomic mass is 9.70. The number of ketones is 1. The van der Waals surface area contributed by atoms with E-state index in [1.54, 1.807) is 24.3 Å². The van der Waals surface area contributed by atoms with Gasteiger partial charge in [0.15, 0.2) is 0 Å². The molecule has 8 heteroatoms. The monoisotopic (exact) mass is 526 g/mol. The fourth-order valence-corrected chi connectivity index (χ4v) is 12.1. The molecule has 3 aromatic rings. The van der Waals surface area contributed by atoms with E-state index in [9.17, 15) is 23.4 Å². The molecule has 2 fully saturated rings. The molecule has 2 N–H and O–H groups in total. The maximum absolute atomic E-state index is 14.0. The average molecular weight is 527 g/mol. The molecule has 2 saturated carbocycles. The standard InChI is InChI=1S/C28H30O6S2/c1-27(2)20-16-17-28(27,26(31)18-20)19-35(32,33)34-36(23-6-4-3-5-7-23,24-12-8-21(29)9-13-24)25-14-10-22(30)11-15-25/h3-15,20,29-30H,16-19H2,1-2H3. The SMILES string of the molecule is CC1(C)C2CCC1(CS(=O)(=O)OS(c1ccccc1)(c1ccc(O)cc1)c1ccc(O)cc1)C(=O)C2. The molecule has 3 aromatic carbocycles. The van der Waals surface area contributed by atoms with Crippen LogP contribution in [0, 0.1) is 16.7 Å². The predicted molar refractivity (Wildman–Crippen MR) is 138 cm³/mol. The van der Waals surface area contributed by atoms with Crippen LogP contribution in [0.3, 0.4) is 0 Å². The van der Waals surface area contributed by atoms with Crippen LogP contribution in [0.5, 0.6) is 11.5 Å². The summed E-state index contributed by atoms with van der Waals surface area (Å²) in [4.78, 5) is 14.9. The van der Waals surface area contributed by atoms with E-state index < -0.39 is 31.3 Å². The summed E-state index contributed by atoms with van der Waals surface area (Å²) in [7, 11) is -7.11. The van der Waals surface area contributed by atoms with Crippen molar-refractivity contribution in [2.45, 2.75) is 47.8 Å². The van der Waals surface area contributed by atoms with Gasteiger partial charge < -0.3 is 10.2 Å². The Morgan fingerprint density at radius 1 is 0.833 bits per heavy atom. The number of rotatable bonds is 7. The van der Waals surface area contributed by atoms with E-state index in [1.165, 1.54) is 24.3 Å². The highest BCUT2D eigenvalue weighted by atomic mass is 32.3. The van der Waals surface area contributed by atoms with Gasteiger partial charge in [-0.3, -0.25) is 4.79 Å². The lowest BCUT2D eigenvalue weighted by Crippen LogP contribution is -2.42. The van der Waals surface area contributed by atoms with E-state index in [1.807, 2.05) is 44.2 Å².